The van der Waals surface area contributed by atoms with Gasteiger partial charge in [0.1, 0.15) is 17.5 Å². The Morgan fingerprint density at radius 2 is 2.09 bits per heavy atom. The Morgan fingerprint density at radius 1 is 1.22 bits per heavy atom. The smallest absolute Gasteiger partial charge is 0.288 e. The minimum absolute atomic E-state index is 0.0127. The van der Waals surface area contributed by atoms with E-state index in [9.17, 15) is 9.90 Å². The van der Waals surface area contributed by atoms with Gasteiger partial charge in [0.25, 0.3) is 5.56 Å². The molecule has 1 aliphatic heterocycles. The molecule has 5 rings (SSSR count). The van der Waals surface area contributed by atoms with E-state index in [0.29, 0.717) is 40.9 Å². The summed E-state index contributed by atoms with van der Waals surface area (Å²) in [7, 11) is 1.58. The fourth-order valence-electron chi connectivity index (χ4n) is 3.81. The number of hydrogen-bond donors (Lipinski definition) is 3. The molecule has 4 aromatic rings. The molecule has 32 heavy (non-hydrogen) atoms. The summed E-state index contributed by atoms with van der Waals surface area (Å²) in [6.07, 6.45) is 0. The van der Waals surface area contributed by atoms with E-state index in [1.54, 1.807) is 23.9 Å². The Kier molecular flexibility index (Phi) is 4.70. The second-order valence-electron chi connectivity index (χ2n) is 7.06. The Labute approximate surface area is 181 Å². The average molecular weight is 433 g/mol. The van der Waals surface area contributed by atoms with Crippen LogP contribution in [-0.4, -0.2) is 49.2 Å². The van der Waals surface area contributed by atoms with Crippen LogP contribution in [0.3, 0.4) is 0 Å². The predicted octanol–water partition coefficient (Wildman–Crippen LogP) is 2.23. The maximum Gasteiger partial charge on any atom is 0.288 e. The number of fused-ring (bicyclic) bond motifs is 2. The highest BCUT2D eigenvalue weighted by Crippen LogP contribution is 2.43. The van der Waals surface area contributed by atoms with Crippen LogP contribution < -0.4 is 20.3 Å². The van der Waals surface area contributed by atoms with Crippen molar-refractivity contribution < 1.29 is 14.6 Å². The number of phenolic OH excluding ortho intramolecular Hbond substituents is 1. The van der Waals surface area contributed by atoms with Crippen molar-refractivity contribution in [3.05, 3.63) is 63.9 Å². The molecular formula is C21H19N7O4. The van der Waals surface area contributed by atoms with Gasteiger partial charge in [-0.3, -0.25) is 4.79 Å². The van der Waals surface area contributed by atoms with Crippen LogP contribution in [0.2, 0.25) is 0 Å². The molecule has 11 nitrogen and oxygen atoms in total. The van der Waals surface area contributed by atoms with Crippen LogP contribution >= 0.6 is 0 Å². The highest BCUT2D eigenvalue weighted by Gasteiger charge is 2.34. The van der Waals surface area contributed by atoms with Crippen LogP contribution in [0.4, 0.5) is 11.6 Å². The molecule has 0 aliphatic carbocycles. The standard InChI is InChI=1S/C21H19N7O4/c1-3-32-15-10-12(7-8-14(15)29)19-16-17(11-5-4-6-13(9-11)31-2)23-24-20(30)18(16)22-21-25-26-27-28(19)21/h4-10,19,29H,3H2,1-2H3,(H,24,30)(H,22,25,27)/t19-/m1/s1. The summed E-state index contributed by atoms with van der Waals surface area (Å²) in [6, 6.07) is 11.7. The number of nitrogens with one attached hydrogen (secondary N) is 2. The first-order valence-electron chi connectivity index (χ1n) is 9.88. The molecule has 1 aliphatic rings. The normalized spacial score (nSPS) is 14.2. The lowest BCUT2D eigenvalue weighted by Crippen LogP contribution is -2.29. The lowest BCUT2D eigenvalue weighted by Gasteiger charge is -2.28. The molecule has 0 unspecified atom stereocenters. The van der Waals surface area contributed by atoms with Crippen molar-refractivity contribution in [2.75, 3.05) is 19.0 Å². The van der Waals surface area contributed by atoms with Gasteiger partial charge >= 0.3 is 0 Å². The Hall–Kier alpha value is -4.41. The van der Waals surface area contributed by atoms with Gasteiger partial charge in [0.05, 0.1) is 19.4 Å². The lowest BCUT2D eigenvalue weighted by atomic mass is 9.92. The molecule has 2 aromatic heterocycles. The van der Waals surface area contributed by atoms with Crippen molar-refractivity contribution in [2.24, 2.45) is 0 Å². The van der Waals surface area contributed by atoms with Crippen LogP contribution in [0.15, 0.2) is 47.3 Å². The molecule has 3 N–H and O–H groups in total. The highest BCUT2D eigenvalue weighted by molar-refractivity contribution is 5.76. The van der Waals surface area contributed by atoms with E-state index in [0.717, 1.165) is 5.56 Å². The lowest BCUT2D eigenvalue weighted by molar-refractivity contribution is 0.317. The van der Waals surface area contributed by atoms with Gasteiger partial charge in [-0.05, 0) is 47.2 Å². The summed E-state index contributed by atoms with van der Waals surface area (Å²) in [6.45, 7) is 2.21. The molecule has 0 bridgehead atoms. The molecular weight excluding hydrogens is 414 g/mol. The summed E-state index contributed by atoms with van der Waals surface area (Å²) in [5.74, 6) is 1.29. The zero-order valence-corrected chi connectivity index (χ0v) is 17.2. The maximum atomic E-state index is 12.8. The number of benzene rings is 2. The number of ether oxygens (including phenoxy) is 2. The van der Waals surface area contributed by atoms with Crippen LogP contribution in [0, 0.1) is 0 Å². The van der Waals surface area contributed by atoms with E-state index in [1.807, 2.05) is 31.2 Å². The molecule has 0 amide bonds. The van der Waals surface area contributed by atoms with Crippen molar-refractivity contribution in [3.63, 3.8) is 0 Å². The van der Waals surface area contributed by atoms with E-state index in [1.165, 1.54) is 6.07 Å². The Balaban J connectivity index is 1.78. The van der Waals surface area contributed by atoms with E-state index < -0.39 is 11.6 Å². The molecule has 0 spiro atoms. The SMILES string of the molecule is CCOc1cc([C@@H]2c3c(-c4cccc(OC)c4)n[nH]c(=O)c3Nc3nnnn32)ccc1O. The number of phenols is 1. The Bertz CT molecular complexity index is 1360. The average Bonchev–Trinajstić information content (AvgIpc) is 3.28. The third-order valence-corrected chi connectivity index (χ3v) is 5.21. The summed E-state index contributed by atoms with van der Waals surface area (Å²) in [5.41, 5.74) is 2.44. The number of rotatable bonds is 5. The maximum absolute atomic E-state index is 12.8. The zero-order valence-electron chi connectivity index (χ0n) is 17.2. The number of hydrogen-bond acceptors (Lipinski definition) is 9. The first-order valence-corrected chi connectivity index (χ1v) is 9.88. The Morgan fingerprint density at radius 3 is 2.91 bits per heavy atom. The third kappa shape index (κ3) is 3.11. The number of methoxy groups -OCH3 is 1. The first-order chi connectivity index (χ1) is 15.6. The van der Waals surface area contributed by atoms with Crippen LogP contribution in [0.25, 0.3) is 11.3 Å². The van der Waals surface area contributed by atoms with Gasteiger partial charge < -0.3 is 19.9 Å². The van der Waals surface area contributed by atoms with Gasteiger partial charge in [0, 0.05) is 11.1 Å². The topological polar surface area (TPSA) is 140 Å². The van der Waals surface area contributed by atoms with Crippen LogP contribution in [-0.2, 0) is 0 Å². The van der Waals surface area contributed by atoms with Crippen LogP contribution in [0.1, 0.15) is 24.1 Å². The molecule has 162 valence electrons. The minimum Gasteiger partial charge on any atom is -0.504 e. The highest BCUT2D eigenvalue weighted by atomic mass is 16.5. The molecule has 3 heterocycles. The van der Waals surface area contributed by atoms with Gasteiger partial charge in [-0.15, -0.1) is 0 Å². The monoisotopic (exact) mass is 433 g/mol. The number of tetrazole rings is 1. The van der Waals surface area contributed by atoms with Gasteiger partial charge in [0.15, 0.2) is 11.5 Å². The number of aromatic amines is 1. The molecule has 0 saturated carbocycles. The van der Waals surface area contributed by atoms with E-state index >= 15 is 0 Å². The molecule has 0 radical (unpaired) electrons. The summed E-state index contributed by atoms with van der Waals surface area (Å²) in [5, 5.41) is 32.0. The number of aromatic nitrogens is 6. The second kappa shape index (κ2) is 7.69. The number of nitrogens with zero attached hydrogens (tertiary/aromatic N) is 5. The fourth-order valence-corrected chi connectivity index (χ4v) is 3.81. The second-order valence-corrected chi connectivity index (χ2v) is 7.06. The number of aromatic hydroxyl groups is 1. The fraction of sp³-hybridized carbons (Fsp3) is 0.190. The summed E-state index contributed by atoms with van der Waals surface area (Å²) in [4.78, 5) is 12.8. The van der Waals surface area contributed by atoms with Crippen molar-refractivity contribution in [3.8, 4) is 28.5 Å². The summed E-state index contributed by atoms with van der Waals surface area (Å²) < 4.78 is 12.5. The van der Waals surface area contributed by atoms with Gasteiger partial charge in [-0.2, -0.15) is 9.78 Å². The largest absolute Gasteiger partial charge is 0.504 e. The number of anilines is 2. The van der Waals surface area contributed by atoms with Crippen molar-refractivity contribution in [2.45, 2.75) is 13.0 Å². The van der Waals surface area contributed by atoms with Gasteiger partial charge in [0.2, 0.25) is 5.95 Å². The minimum atomic E-state index is -0.605. The molecule has 11 heteroatoms. The molecule has 0 saturated heterocycles. The van der Waals surface area contributed by atoms with E-state index in [4.69, 9.17) is 9.47 Å². The molecule has 2 aromatic carbocycles. The molecule has 1 atom stereocenters. The van der Waals surface area contributed by atoms with Crippen molar-refractivity contribution in [1.82, 2.24) is 30.4 Å². The zero-order chi connectivity index (χ0) is 22.2. The van der Waals surface area contributed by atoms with Gasteiger partial charge in [-0.25, -0.2) is 5.10 Å². The third-order valence-electron chi connectivity index (χ3n) is 5.21. The van der Waals surface area contributed by atoms with Gasteiger partial charge in [-0.1, -0.05) is 23.3 Å². The summed E-state index contributed by atoms with van der Waals surface area (Å²) >= 11 is 0. The first kappa shape index (κ1) is 19.5. The number of H-pyrrole nitrogens is 1. The van der Waals surface area contributed by atoms with E-state index in [2.05, 4.69) is 31.0 Å². The predicted molar refractivity (Wildman–Crippen MR) is 114 cm³/mol. The molecule has 0 fully saturated rings. The van der Waals surface area contributed by atoms with Crippen LogP contribution in [0.5, 0.6) is 17.2 Å². The van der Waals surface area contributed by atoms with Crippen molar-refractivity contribution in [1.29, 1.82) is 0 Å². The van der Waals surface area contributed by atoms with E-state index in [-0.39, 0.29) is 11.4 Å². The van der Waals surface area contributed by atoms with Crippen molar-refractivity contribution >= 4 is 11.6 Å². The quantitative estimate of drug-likeness (QED) is 0.380.